The second-order valence-corrected chi connectivity index (χ2v) is 9.72. The monoisotopic (exact) mass is 532 g/mol. The van der Waals surface area contributed by atoms with Crippen LogP contribution in [0.4, 0.5) is 5.13 Å². The van der Waals surface area contributed by atoms with E-state index in [1.54, 1.807) is 32.2 Å². The maximum atomic E-state index is 13.4. The lowest BCUT2D eigenvalue weighted by Gasteiger charge is -2.23. The zero-order chi connectivity index (χ0) is 27.6. The maximum Gasteiger partial charge on any atom is 0.350 e. The van der Waals surface area contributed by atoms with E-state index in [4.69, 9.17) is 9.47 Å². The number of Topliss-reactive ketones (excluding diaryl/α,β-unsaturated/α-hetero) is 1. The summed E-state index contributed by atoms with van der Waals surface area (Å²) in [7, 11) is 1.55. The molecule has 0 radical (unpaired) electrons. The topological polar surface area (TPSA) is 106 Å². The molecule has 1 atom stereocenters. The predicted octanol–water partition coefficient (Wildman–Crippen LogP) is 5.30. The zero-order valence-corrected chi connectivity index (χ0v) is 22.4. The van der Waals surface area contributed by atoms with Gasteiger partial charge in [-0.3, -0.25) is 14.5 Å². The van der Waals surface area contributed by atoms with E-state index in [0.29, 0.717) is 22.6 Å². The van der Waals surface area contributed by atoms with E-state index >= 15 is 0 Å². The molecule has 1 aromatic heterocycles. The molecule has 1 N–H and O–H groups in total. The molecule has 9 heteroatoms. The van der Waals surface area contributed by atoms with Gasteiger partial charge in [0.1, 0.15) is 23.0 Å². The van der Waals surface area contributed by atoms with Crippen LogP contribution in [-0.4, -0.2) is 41.5 Å². The molecule has 1 amide bonds. The molecule has 0 aliphatic carbocycles. The molecule has 0 bridgehead atoms. The summed E-state index contributed by atoms with van der Waals surface area (Å²) in [5.41, 5.74) is 3.14. The van der Waals surface area contributed by atoms with E-state index in [-0.39, 0.29) is 27.9 Å². The number of aromatic nitrogens is 1. The average Bonchev–Trinajstić information content (AvgIpc) is 3.43. The van der Waals surface area contributed by atoms with Crippen molar-refractivity contribution in [2.45, 2.75) is 33.2 Å². The molecule has 1 saturated heterocycles. The van der Waals surface area contributed by atoms with E-state index in [9.17, 15) is 19.5 Å². The number of esters is 1. The van der Waals surface area contributed by atoms with Gasteiger partial charge in [0.15, 0.2) is 5.13 Å². The van der Waals surface area contributed by atoms with Gasteiger partial charge in [-0.25, -0.2) is 9.78 Å². The number of aryl methyl sites for hydroxylation is 3. The Labute approximate surface area is 224 Å². The molecule has 1 aliphatic rings. The second kappa shape index (κ2) is 11.0. The Balaban J connectivity index is 1.89. The Morgan fingerprint density at radius 1 is 1.18 bits per heavy atom. The van der Waals surface area contributed by atoms with Crippen LogP contribution < -0.4 is 9.64 Å². The highest BCUT2D eigenvalue weighted by Crippen LogP contribution is 2.44. The largest absolute Gasteiger partial charge is 0.507 e. The number of hydrogen-bond donors (Lipinski definition) is 1. The van der Waals surface area contributed by atoms with Crippen LogP contribution in [0.25, 0.3) is 5.76 Å². The van der Waals surface area contributed by atoms with E-state index in [1.165, 1.54) is 11.0 Å². The maximum absolute atomic E-state index is 13.4. The molecule has 4 rings (SSSR count). The SMILES string of the molecule is C=CCOC(=O)c1sc(N2C(=O)C(=O)C(=C(O)c3ccc(OC)c(C)c3)[C@@H]2c2ccc(CC)cc2)nc1C. The van der Waals surface area contributed by atoms with Crippen molar-refractivity contribution >= 4 is 39.9 Å². The molecule has 0 saturated carbocycles. The summed E-state index contributed by atoms with van der Waals surface area (Å²) in [6.45, 7) is 9.05. The first-order valence-corrected chi connectivity index (χ1v) is 12.8. The smallest absolute Gasteiger partial charge is 0.350 e. The Kier molecular flexibility index (Phi) is 7.78. The van der Waals surface area contributed by atoms with E-state index in [0.717, 1.165) is 28.9 Å². The van der Waals surface area contributed by atoms with Crippen LogP contribution in [-0.2, 0) is 20.7 Å². The number of rotatable bonds is 8. The first-order chi connectivity index (χ1) is 18.2. The van der Waals surface area contributed by atoms with Gasteiger partial charge in [0.05, 0.1) is 24.4 Å². The number of carbonyl (C=O) groups is 3. The quantitative estimate of drug-likeness (QED) is 0.138. The van der Waals surface area contributed by atoms with Crippen molar-refractivity contribution in [2.75, 3.05) is 18.6 Å². The molecule has 8 nitrogen and oxygen atoms in total. The molecule has 38 heavy (non-hydrogen) atoms. The molecule has 1 fully saturated rings. The van der Waals surface area contributed by atoms with E-state index in [2.05, 4.69) is 11.6 Å². The number of thiazole rings is 1. The fourth-order valence-electron chi connectivity index (χ4n) is 4.34. The van der Waals surface area contributed by atoms with Crippen molar-refractivity contribution in [3.05, 3.63) is 93.5 Å². The predicted molar refractivity (Wildman–Crippen MR) is 146 cm³/mol. The van der Waals surface area contributed by atoms with Crippen molar-refractivity contribution in [3.63, 3.8) is 0 Å². The first-order valence-electron chi connectivity index (χ1n) is 12.0. The number of aliphatic hydroxyl groups is 1. The van der Waals surface area contributed by atoms with Crippen LogP contribution in [0.5, 0.6) is 5.75 Å². The van der Waals surface area contributed by atoms with Crippen LogP contribution in [0.3, 0.4) is 0 Å². The van der Waals surface area contributed by atoms with E-state index in [1.807, 2.05) is 38.1 Å². The third-order valence-electron chi connectivity index (χ3n) is 6.33. The minimum absolute atomic E-state index is 0.0288. The summed E-state index contributed by atoms with van der Waals surface area (Å²) in [6.07, 6.45) is 2.27. The minimum atomic E-state index is -0.953. The molecule has 2 aromatic carbocycles. The molecular formula is C29H28N2O6S. The fourth-order valence-corrected chi connectivity index (χ4v) is 5.32. The number of benzene rings is 2. The minimum Gasteiger partial charge on any atom is -0.507 e. The van der Waals surface area contributed by atoms with Crippen LogP contribution >= 0.6 is 11.3 Å². The highest BCUT2D eigenvalue weighted by atomic mass is 32.1. The summed E-state index contributed by atoms with van der Waals surface area (Å²) in [5.74, 6) is -1.96. The summed E-state index contributed by atoms with van der Waals surface area (Å²) < 4.78 is 10.5. The van der Waals surface area contributed by atoms with Gasteiger partial charge in [-0.1, -0.05) is 55.2 Å². The molecule has 0 unspecified atom stereocenters. The second-order valence-electron chi connectivity index (χ2n) is 8.75. The van der Waals surface area contributed by atoms with Gasteiger partial charge in [0, 0.05) is 5.56 Å². The number of aliphatic hydroxyl groups excluding tert-OH is 1. The first kappa shape index (κ1) is 26.8. The normalized spacial score (nSPS) is 16.5. The Bertz CT molecular complexity index is 1450. The van der Waals surface area contributed by atoms with Crippen molar-refractivity contribution in [1.82, 2.24) is 4.98 Å². The van der Waals surface area contributed by atoms with Crippen LogP contribution in [0, 0.1) is 13.8 Å². The average molecular weight is 533 g/mol. The molecule has 196 valence electrons. The zero-order valence-electron chi connectivity index (χ0n) is 21.6. The number of methoxy groups -OCH3 is 1. The number of hydrogen-bond acceptors (Lipinski definition) is 8. The van der Waals surface area contributed by atoms with Crippen molar-refractivity contribution in [3.8, 4) is 5.75 Å². The summed E-state index contributed by atoms with van der Waals surface area (Å²) in [6, 6.07) is 11.6. The fraction of sp³-hybridized carbons (Fsp3) is 0.241. The number of ketones is 1. The number of anilines is 1. The number of ether oxygens (including phenoxy) is 2. The van der Waals surface area contributed by atoms with Crippen molar-refractivity contribution in [2.24, 2.45) is 0 Å². The lowest BCUT2D eigenvalue weighted by Crippen LogP contribution is -2.29. The molecule has 1 aliphatic heterocycles. The number of nitrogens with zero attached hydrogens (tertiary/aromatic N) is 2. The highest BCUT2D eigenvalue weighted by Gasteiger charge is 2.48. The van der Waals surface area contributed by atoms with Crippen molar-refractivity contribution < 1.29 is 29.0 Å². The van der Waals surface area contributed by atoms with Gasteiger partial charge >= 0.3 is 11.9 Å². The molecule has 3 aromatic rings. The van der Waals surface area contributed by atoms with Crippen LogP contribution in [0.15, 0.2) is 60.7 Å². The molecule has 2 heterocycles. The highest BCUT2D eigenvalue weighted by molar-refractivity contribution is 7.17. The summed E-state index contributed by atoms with van der Waals surface area (Å²) in [5, 5.41) is 11.5. The number of amides is 1. The van der Waals surface area contributed by atoms with Gasteiger partial charge in [-0.2, -0.15) is 0 Å². The lowest BCUT2D eigenvalue weighted by atomic mass is 9.94. The van der Waals surface area contributed by atoms with Gasteiger partial charge in [-0.15, -0.1) is 0 Å². The lowest BCUT2D eigenvalue weighted by molar-refractivity contribution is -0.132. The Morgan fingerprint density at radius 3 is 2.50 bits per heavy atom. The van der Waals surface area contributed by atoms with Gasteiger partial charge in [0.2, 0.25) is 0 Å². The summed E-state index contributed by atoms with van der Waals surface area (Å²) >= 11 is 0.956. The van der Waals surface area contributed by atoms with Crippen LogP contribution in [0.2, 0.25) is 0 Å². The van der Waals surface area contributed by atoms with E-state index < -0.39 is 23.7 Å². The standard InChI is InChI=1S/C29H28N2O6S/c1-6-14-37-28(35)26-17(4)30-29(38-26)31-23(19-10-8-18(7-2)9-11-19)22(25(33)27(31)34)24(32)20-12-13-21(36-5)16(3)15-20/h6,8-13,15,23,32H,1,7,14H2,2-5H3/t23-/m0/s1. The third-order valence-corrected chi connectivity index (χ3v) is 7.46. The Hall–Kier alpha value is -4.24. The van der Waals surface area contributed by atoms with Gasteiger partial charge < -0.3 is 14.6 Å². The van der Waals surface area contributed by atoms with Gasteiger partial charge in [-0.05, 0) is 55.2 Å². The molecular weight excluding hydrogens is 504 g/mol. The number of carbonyl (C=O) groups excluding carboxylic acids is 3. The van der Waals surface area contributed by atoms with Crippen LogP contribution in [0.1, 0.15) is 50.6 Å². The van der Waals surface area contributed by atoms with Gasteiger partial charge in [0.25, 0.3) is 5.78 Å². The Morgan fingerprint density at radius 2 is 1.89 bits per heavy atom. The molecule has 0 spiro atoms. The van der Waals surface area contributed by atoms with Crippen molar-refractivity contribution in [1.29, 1.82) is 0 Å². The third kappa shape index (κ3) is 4.84. The summed E-state index contributed by atoms with van der Waals surface area (Å²) in [4.78, 5) is 45.3.